The van der Waals surface area contributed by atoms with Crippen LogP contribution in [0.15, 0.2) is 12.2 Å². The molecular formula is C65H124O6. The normalized spacial score (nSPS) is 12.0. The van der Waals surface area contributed by atoms with Crippen LogP contribution in [0.1, 0.15) is 367 Å². The van der Waals surface area contributed by atoms with Crippen LogP contribution in [0.5, 0.6) is 0 Å². The number of rotatable bonds is 60. The molecule has 6 nitrogen and oxygen atoms in total. The molecule has 0 heterocycles. The first-order valence-electron chi connectivity index (χ1n) is 32.2. The van der Waals surface area contributed by atoms with E-state index in [9.17, 15) is 14.4 Å². The van der Waals surface area contributed by atoms with E-state index in [-0.39, 0.29) is 31.1 Å². The quantitative estimate of drug-likeness (QED) is 0.0261. The molecular weight excluding hydrogens is 877 g/mol. The van der Waals surface area contributed by atoms with Crippen LogP contribution in [-0.2, 0) is 28.6 Å². The van der Waals surface area contributed by atoms with Crippen molar-refractivity contribution in [3.63, 3.8) is 0 Å². The summed E-state index contributed by atoms with van der Waals surface area (Å²) in [7, 11) is 0. The molecule has 0 aromatic heterocycles. The Bertz CT molecular complexity index is 1100. The van der Waals surface area contributed by atoms with Gasteiger partial charge in [-0.15, -0.1) is 0 Å². The van der Waals surface area contributed by atoms with E-state index in [0.717, 1.165) is 64.2 Å². The zero-order valence-electron chi connectivity index (χ0n) is 48.3. The van der Waals surface area contributed by atoms with Crippen LogP contribution in [0.4, 0.5) is 0 Å². The van der Waals surface area contributed by atoms with Crippen LogP contribution in [0.2, 0.25) is 0 Å². The molecule has 0 saturated heterocycles. The third-order valence-corrected chi connectivity index (χ3v) is 14.8. The largest absolute Gasteiger partial charge is 0.462 e. The lowest BCUT2D eigenvalue weighted by Crippen LogP contribution is -2.30. The van der Waals surface area contributed by atoms with Gasteiger partial charge in [0.2, 0.25) is 0 Å². The second-order valence-corrected chi connectivity index (χ2v) is 22.0. The maximum atomic E-state index is 12.9. The van der Waals surface area contributed by atoms with Gasteiger partial charge in [0.1, 0.15) is 13.2 Å². The lowest BCUT2D eigenvalue weighted by molar-refractivity contribution is -0.167. The average molecular weight is 1000 g/mol. The molecule has 6 heteroatoms. The number of ether oxygens (including phenoxy) is 3. The van der Waals surface area contributed by atoms with Crippen molar-refractivity contribution in [2.75, 3.05) is 13.2 Å². The molecule has 0 fully saturated rings. The number of esters is 3. The van der Waals surface area contributed by atoms with Gasteiger partial charge in [-0.3, -0.25) is 14.4 Å². The molecule has 1 unspecified atom stereocenters. The van der Waals surface area contributed by atoms with Gasteiger partial charge in [-0.05, 0) is 44.9 Å². The fourth-order valence-electron chi connectivity index (χ4n) is 9.91. The number of allylic oxidation sites excluding steroid dienone is 2. The molecule has 0 spiro atoms. The summed E-state index contributed by atoms with van der Waals surface area (Å²) in [4.78, 5) is 38.3. The number of hydrogen-bond acceptors (Lipinski definition) is 6. The number of hydrogen-bond donors (Lipinski definition) is 0. The second-order valence-electron chi connectivity index (χ2n) is 22.0. The van der Waals surface area contributed by atoms with Crippen LogP contribution in [0.3, 0.4) is 0 Å². The molecule has 0 aliphatic carbocycles. The minimum Gasteiger partial charge on any atom is -0.462 e. The van der Waals surface area contributed by atoms with Crippen molar-refractivity contribution in [3.8, 4) is 0 Å². The molecule has 0 amide bonds. The topological polar surface area (TPSA) is 78.9 Å². The second kappa shape index (κ2) is 60.7. The lowest BCUT2D eigenvalue weighted by Gasteiger charge is -2.18. The summed E-state index contributed by atoms with van der Waals surface area (Å²) in [5, 5.41) is 0. The highest BCUT2D eigenvalue weighted by Gasteiger charge is 2.19. The molecule has 0 aliphatic rings. The molecule has 0 aromatic carbocycles. The van der Waals surface area contributed by atoms with Crippen molar-refractivity contribution < 1.29 is 28.6 Å². The minimum atomic E-state index is -0.769. The predicted octanol–water partition coefficient (Wildman–Crippen LogP) is 21.7. The first-order chi connectivity index (χ1) is 35.0. The van der Waals surface area contributed by atoms with Gasteiger partial charge in [0, 0.05) is 19.3 Å². The minimum absolute atomic E-state index is 0.0669. The summed E-state index contributed by atoms with van der Waals surface area (Å²) in [6.07, 6.45) is 70.8. The Hall–Kier alpha value is -1.85. The Morgan fingerprint density at radius 3 is 0.704 bits per heavy atom. The molecule has 0 bridgehead atoms. The molecule has 420 valence electrons. The number of unbranched alkanes of at least 4 members (excludes halogenated alkanes) is 47. The molecule has 0 rings (SSSR count). The predicted molar refractivity (Wildman–Crippen MR) is 307 cm³/mol. The first-order valence-corrected chi connectivity index (χ1v) is 32.2. The van der Waals surface area contributed by atoms with Gasteiger partial charge < -0.3 is 14.2 Å². The van der Waals surface area contributed by atoms with E-state index < -0.39 is 6.10 Å². The molecule has 0 radical (unpaired) electrons. The van der Waals surface area contributed by atoms with Gasteiger partial charge in [-0.1, -0.05) is 315 Å². The van der Waals surface area contributed by atoms with Crippen molar-refractivity contribution in [2.24, 2.45) is 0 Å². The summed E-state index contributed by atoms with van der Waals surface area (Å²) in [6, 6.07) is 0. The van der Waals surface area contributed by atoms with Gasteiger partial charge in [0.25, 0.3) is 0 Å². The average Bonchev–Trinajstić information content (AvgIpc) is 3.37. The summed E-state index contributed by atoms with van der Waals surface area (Å²) in [6.45, 7) is 6.70. The third kappa shape index (κ3) is 58.9. The van der Waals surface area contributed by atoms with Crippen LogP contribution >= 0.6 is 0 Å². The first kappa shape index (κ1) is 69.2. The Labute approximate surface area is 443 Å². The summed E-state index contributed by atoms with van der Waals surface area (Å²) < 4.78 is 16.9. The molecule has 0 N–H and O–H groups in total. The van der Waals surface area contributed by atoms with Crippen LogP contribution < -0.4 is 0 Å². The number of carbonyl (C=O) groups excluding carboxylic acids is 3. The Morgan fingerprint density at radius 2 is 0.465 bits per heavy atom. The van der Waals surface area contributed by atoms with E-state index in [2.05, 4.69) is 32.9 Å². The lowest BCUT2D eigenvalue weighted by atomic mass is 10.0. The maximum absolute atomic E-state index is 12.9. The number of carbonyl (C=O) groups is 3. The molecule has 1 atom stereocenters. The van der Waals surface area contributed by atoms with E-state index >= 15 is 0 Å². The molecule has 0 saturated carbocycles. The van der Waals surface area contributed by atoms with Crippen molar-refractivity contribution in [1.29, 1.82) is 0 Å². The standard InChI is InChI=1S/C65H124O6/c1-4-7-10-13-16-19-22-25-28-29-30-31-32-33-34-35-38-40-43-46-49-52-55-58-64(67)70-61-62(71-65(68)59-56-53-50-47-44-41-37-27-24-21-18-15-12-9-6-3)60-69-63(66)57-54-51-48-45-42-39-36-26-23-20-17-14-11-8-5-2/h27,37,62H,4-26,28-36,38-61H2,1-3H3/b37-27-. The molecule has 0 aliphatic heterocycles. The van der Waals surface area contributed by atoms with Gasteiger partial charge >= 0.3 is 17.9 Å². The Kier molecular flexibility index (Phi) is 59.1. The van der Waals surface area contributed by atoms with E-state index in [4.69, 9.17) is 14.2 Å². The van der Waals surface area contributed by atoms with Crippen LogP contribution in [0, 0.1) is 0 Å². The van der Waals surface area contributed by atoms with Gasteiger partial charge in [-0.25, -0.2) is 0 Å². The molecule has 71 heavy (non-hydrogen) atoms. The summed E-state index contributed by atoms with van der Waals surface area (Å²) in [5.74, 6) is -0.845. The van der Waals surface area contributed by atoms with Gasteiger partial charge in [-0.2, -0.15) is 0 Å². The van der Waals surface area contributed by atoms with Gasteiger partial charge in [0.15, 0.2) is 6.10 Å². The van der Waals surface area contributed by atoms with Crippen molar-refractivity contribution in [3.05, 3.63) is 12.2 Å². The van der Waals surface area contributed by atoms with Crippen molar-refractivity contribution >= 4 is 17.9 Å². The third-order valence-electron chi connectivity index (χ3n) is 14.8. The zero-order chi connectivity index (χ0) is 51.4. The van der Waals surface area contributed by atoms with Crippen molar-refractivity contribution in [1.82, 2.24) is 0 Å². The smallest absolute Gasteiger partial charge is 0.306 e. The highest BCUT2D eigenvalue weighted by Crippen LogP contribution is 2.18. The Morgan fingerprint density at radius 1 is 0.268 bits per heavy atom. The summed E-state index contributed by atoms with van der Waals surface area (Å²) >= 11 is 0. The van der Waals surface area contributed by atoms with Gasteiger partial charge in [0.05, 0.1) is 0 Å². The van der Waals surface area contributed by atoms with Crippen LogP contribution in [-0.4, -0.2) is 37.2 Å². The zero-order valence-corrected chi connectivity index (χ0v) is 48.3. The fourth-order valence-corrected chi connectivity index (χ4v) is 9.91. The summed E-state index contributed by atoms with van der Waals surface area (Å²) in [5.41, 5.74) is 0. The van der Waals surface area contributed by atoms with E-state index in [0.29, 0.717) is 19.3 Å². The SMILES string of the molecule is CCCCCCCC/C=C\CCCCCCCC(=O)OC(COC(=O)CCCCCCCCCCCCCCCCC)COC(=O)CCCCCCCCCCCCCCCCCCCCCCCCC. The van der Waals surface area contributed by atoms with Crippen LogP contribution in [0.25, 0.3) is 0 Å². The van der Waals surface area contributed by atoms with Crippen molar-refractivity contribution in [2.45, 2.75) is 374 Å². The highest BCUT2D eigenvalue weighted by atomic mass is 16.6. The fraction of sp³-hybridized carbons (Fsp3) is 0.923. The van der Waals surface area contributed by atoms with E-state index in [1.165, 1.54) is 263 Å². The monoisotopic (exact) mass is 1000 g/mol. The maximum Gasteiger partial charge on any atom is 0.306 e. The van der Waals surface area contributed by atoms with E-state index in [1.807, 2.05) is 0 Å². The van der Waals surface area contributed by atoms with E-state index in [1.54, 1.807) is 0 Å². The molecule has 0 aromatic rings. The Balaban J connectivity index is 4.24. The highest BCUT2D eigenvalue weighted by molar-refractivity contribution is 5.71.